The summed E-state index contributed by atoms with van der Waals surface area (Å²) in [6.07, 6.45) is 8.03. The SMILES string of the molecule is COC(C)c1ncccc1-c1c(CC(C)(C)COC=O)c2cc(-c3csc(CC(NC(=O)C(C(C)C)N(C)C(=O)C4CCN(C(=O)C#CCN5CCCCC5)C4)C(=O)N4CCCCN4)n3)ccc2n1C. The number of pyridine rings is 1. The van der Waals surface area contributed by atoms with E-state index in [1.54, 1.807) is 30.3 Å². The Balaban J connectivity index is 1.12. The molecule has 4 unspecified atom stereocenters. The predicted octanol–water partition coefficient (Wildman–Crippen LogP) is 5.79. The molecule has 70 heavy (non-hydrogen) atoms. The fourth-order valence-electron chi connectivity index (χ4n) is 10.2. The van der Waals surface area contributed by atoms with Gasteiger partial charge in [0, 0.05) is 92.8 Å². The van der Waals surface area contributed by atoms with Gasteiger partial charge in [0.05, 0.1) is 47.3 Å². The van der Waals surface area contributed by atoms with Gasteiger partial charge in [-0.05, 0) is 100 Å². The number of likely N-dealkylation sites (tertiary alicyclic amines) is 2. The summed E-state index contributed by atoms with van der Waals surface area (Å²) >= 11 is 1.42. The highest BCUT2D eigenvalue weighted by Gasteiger charge is 2.39. The molecule has 17 heteroatoms. The molecule has 16 nitrogen and oxygen atoms in total. The maximum absolute atomic E-state index is 14.5. The lowest BCUT2D eigenvalue weighted by molar-refractivity contribution is -0.145. The third-order valence-corrected chi connectivity index (χ3v) is 14.9. The Labute approximate surface area is 416 Å². The van der Waals surface area contributed by atoms with E-state index in [-0.39, 0.29) is 49.3 Å². The molecule has 376 valence electrons. The van der Waals surface area contributed by atoms with Crippen LogP contribution in [0.4, 0.5) is 0 Å². The van der Waals surface area contributed by atoms with Crippen LogP contribution in [0.15, 0.2) is 41.9 Å². The van der Waals surface area contributed by atoms with Crippen molar-refractivity contribution in [2.75, 3.05) is 66.6 Å². The number of hydrazine groups is 1. The summed E-state index contributed by atoms with van der Waals surface area (Å²) in [6, 6.07) is 8.44. The molecule has 3 aliphatic rings. The van der Waals surface area contributed by atoms with E-state index in [1.165, 1.54) is 22.7 Å². The number of amides is 4. The molecule has 3 fully saturated rings. The van der Waals surface area contributed by atoms with E-state index in [0.717, 1.165) is 83.4 Å². The number of hydrogen-bond donors (Lipinski definition) is 2. The Kier molecular flexibility index (Phi) is 17.5. The minimum Gasteiger partial charge on any atom is -0.467 e. The Hall–Kier alpha value is -5.67. The molecule has 2 N–H and O–H groups in total. The van der Waals surface area contributed by atoms with E-state index in [2.05, 4.69) is 64.1 Å². The number of aryl methyl sites for hydroxylation is 1. The van der Waals surface area contributed by atoms with Gasteiger partial charge in [-0.1, -0.05) is 46.1 Å². The van der Waals surface area contributed by atoms with Crippen molar-refractivity contribution < 1.29 is 33.4 Å². The second kappa shape index (κ2) is 23.5. The van der Waals surface area contributed by atoms with Crippen LogP contribution in [-0.2, 0) is 53.3 Å². The average Bonchev–Trinajstić information content (AvgIpc) is 4.11. The molecule has 3 saturated heterocycles. The number of rotatable bonds is 18. The molecular weight excluding hydrogens is 907 g/mol. The molecule has 6 heterocycles. The Morgan fingerprint density at radius 2 is 1.83 bits per heavy atom. The molecule has 4 atom stereocenters. The summed E-state index contributed by atoms with van der Waals surface area (Å²) in [5.74, 6) is 3.89. The third kappa shape index (κ3) is 12.3. The van der Waals surface area contributed by atoms with Gasteiger partial charge >= 0.3 is 0 Å². The fraction of sp³-hybridized carbons (Fsp3) is 0.566. The first kappa shape index (κ1) is 52.2. The molecule has 0 spiro atoms. The van der Waals surface area contributed by atoms with Gasteiger partial charge in [-0.25, -0.2) is 10.4 Å². The van der Waals surface area contributed by atoms with Gasteiger partial charge in [0.25, 0.3) is 18.3 Å². The smallest absolute Gasteiger partial charge is 0.298 e. The van der Waals surface area contributed by atoms with Crippen LogP contribution in [0.25, 0.3) is 33.4 Å². The number of ether oxygens (including phenoxy) is 2. The number of aromatic nitrogens is 3. The molecule has 4 amide bonds. The highest BCUT2D eigenvalue weighted by Crippen LogP contribution is 2.41. The summed E-state index contributed by atoms with van der Waals surface area (Å²) in [5, 5.41) is 8.33. The molecule has 0 bridgehead atoms. The van der Waals surface area contributed by atoms with Crippen molar-refractivity contribution in [3.05, 3.63) is 58.2 Å². The van der Waals surface area contributed by atoms with Gasteiger partial charge in [-0.2, -0.15) is 0 Å². The molecule has 0 aliphatic carbocycles. The zero-order valence-electron chi connectivity index (χ0n) is 42.2. The molecule has 0 radical (unpaired) electrons. The number of benzene rings is 1. The van der Waals surface area contributed by atoms with Gasteiger partial charge in [0.2, 0.25) is 11.8 Å². The van der Waals surface area contributed by atoms with Gasteiger partial charge < -0.3 is 29.2 Å². The summed E-state index contributed by atoms with van der Waals surface area (Å²) in [7, 11) is 5.36. The predicted molar refractivity (Wildman–Crippen MR) is 271 cm³/mol. The standard InChI is InChI=1S/C53H71N9O7S/c1-35(2)48(59(7)51(66)38-20-27-61(31-38)46(64)17-15-25-60-23-11-9-12-24-60)50(65)57-42(52(67)62-26-13-10-22-55-62)29-45-56-43(32-70-45)37-18-19-44-40(28-37)41(30-53(4,5)33-69-34-63)49(58(44)6)39-16-14-21-54-47(39)36(3)68-8/h14,16,18-19,21,28,32,34-36,38,42,48,55H,9-13,20,22-27,29-31,33H2,1-8H3,(H,57,65). The summed E-state index contributed by atoms with van der Waals surface area (Å²) in [6.45, 7) is 15.0. The number of carbonyl (C=O) groups excluding carboxylic acids is 5. The molecule has 3 aliphatic heterocycles. The van der Waals surface area contributed by atoms with Gasteiger partial charge in [-0.15, -0.1) is 11.3 Å². The van der Waals surface area contributed by atoms with Gasteiger partial charge in [0.15, 0.2) is 0 Å². The maximum Gasteiger partial charge on any atom is 0.298 e. The number of fused-ring (bicyclic) bond motifs is 1. The van der Waals surface area contributed by atoms with Crippen LogP contribution >= 0.6 is 11.3 Å². The lowest BCUT2D eigenvalue weighted by atomic mass is 9.84. The molecule has 3 aromatic heterocycles. The molecule has 7 rings (SSSR count). The molecular formula is C53H71N9O7S. The normalized spacial score (nSPS) is 18.0. The van der Waals surface area contributed by atoms with Crippen molar-refractivity contribution >= 4 is 52.3 Å². The molecule has 0 saturated carbocycles. The van der Waals surface area contributed by atoms with Crippen molar-refractivity contribution in [1.82, 2.24) is 45.0 Å². The van der Waals surface area contributed by atoms with Crippen LogP contribution in [-0.4, -0.2) is 143 Å². The van der Waals surface area contributed by atoms with Crippen molar-refractivity contribution in [3.63, 3.8) is 0 Å². The van der Waals surface area contributed by atoms with Crippen LogP contribution < -0.4 is 10.7 Å². The van der Waals surface area contributed by atoms with Crippen molar-refractivity contribution in [2.45, 2.75) is 104 Å². The van der Waals surface area contributed by atoms with Crippen molar-refractivity contribution in [1.29, 1.82) is 0 Å². The highest BCUT2D eigenvalue weighted by molar-refractivity contribution is 7.10. The van der Waals surface area contributed by atoms with Crippen LogP contribution in [0.1, 0.15) is 95.5 Å². The van der Waals surface area contributed by atoms with Crippen LogP contribution in [0.2, 0.25) is 0 Å². The number of carbonyl (C=O) groups is 5. The molecule has 4 aromatic rings. The number of hydrogen-bond acceptors (Lipinski definition) is 12. The minimum atomic E-state index is -0.963. The first-order valence-corrected chi connectivity index (χ1v) is 25.7. The number of piperidine rings is 1. The largest absolute Gasteiger partial charge is 0.467 e. The third-order valence-electron chi connectivity index (χ3n) is 14.0. The summed E-state index contributed by atoms with van der Waals surface area (Å²) in [4.78, 5) is 82.4. The fourth-order valence-corrected chi connectivity index (χ4v) is 11.0. The number of thiazole rings is 1. The van der Waals surface area contributed by atoms with Crippen LogP contribution in [0.5, 0.6) is 0 Å². The minimum absolute atomic E-state index is 0.143. The number of likely N-dealkylation sites (N-methyl/N-ethyl adjacent to an activating group) is 1. The number of methoxy groups -OCH3 is 1. The van der Waals surface area contributed by atoms with Crippen LogP contribution in [0, 0.1) is 29.1 Å². The van der Waals surface area contributed by atoms with E-state index in [4.69, 9.17) is 19.4 Å². The zero-order valence-corrected chi connectivity index (χ0v) is 43.0. The number of nitrogens with zero attached hydrogens (tertiary/aromatic N) is 7. The average molecular weight is 978 g/mol. The van der Waals surface area contributed by atoms with Crippen LogP contribution in [0.3, 0.4) is 0 Å². The Bertz CT molecular complexity index is 2570. The second-order valence-electron chi connectivity index (χ2n) is 20.2. The van der Waals surface area contributed by atoms with Crippen molar-refractivity contribution in [3.8, 4) is 34.4 Å². The first-order chi connectivity index (χ1) is 33.6. The number of nitrogens with one attached hydrogen (secondary N) is 2. The first-order valence-electron chi connectivity index (χ1n) is 24.8. The highest BCUT2D eigenvalue weighted by atomic mass is 32.1. The summed E-state index contributed by atoms with van der Waals surface area (Å²) < 4.78 is 13.2. The monoisotopic (exact) mass is 978 g/mol. The van der Waals surface area contributed by atoms with E-state index < -0.39 is 29.3 Å². The van der Waals surface area contributed by atoms with E-state index >= 15 is 0 Å². The Morgan fingerprint density at radius 1 is 1.06 bits per heavy atom. The topological polar surface area (TPSA) is 172 Å². The Morgan fingerprint density at radius 3 is 2.54 bits per heavy atom. The molecule has 1 aromatic carbocycles. The lowest BCUT2D eigenvalue weighted by Crippen LogP contribution is -2.59. The lowest BCUT2D eigenvalue weighted by Gasteiger charge is -2.35. The summed E-state index contributed by atoms with van der Waals surface area (Å²) in [5.41, 5.74) is 9.26. The van der Waals surface area contributed by atoms with E-state index in [1.807, 2.05) is 45.3 Å². The van der Waals surface area contributed by atoms with E-state index in [0.29, 0.717) is 50.5 Å². The van der Waals surface area contributed by atoms with Gasteiger partial charge in [0.1, 0.15) is 12.1 Å². The van der Waals surface area contributed by atoms with Gasteiger partial charge in [-0.3, -0.25) is 38.9 Å². The van der Waals surface area contributed by atoms with Crippen molar-refractivity contribution in [2.24, 2.45) is 24.3 Å². The quantitative estimate of drug-likeness (QED) is 0.0915. The van der Waals surface area contributed by atoms with E-state index in [9.17, 15) is 24.0 Å². The zero-order chi connectivity index (χ0) is 50.1. The second-order valence-corrected chi connectivity index (χ2v) is 21.1. The maximum atomic E-state index is 14.5.